The summed E-state index contributed by atoms with van der Waals surface area (Å²) < 4.78 is 5.43. The van der Waals surface area contributed by atoms with Crippen LogP contribution in [0.3, 0.4) is 0 Å². The number of thioether (sulfide) groups is 1. The van der Waals surface area contributed by atoms with E-state index in [1.54, 1.807) is 0 Å². The van der Waals surface area contributed by atoms with Crippen LogP contribution in [-0.2, 0) is 6.54 Å². The minimum absolute atomic E-state index is 0.312. The summed E-state index contributed by atoms with van der Waals surface area (Å²) in [6.45, 7) is 4.49. The summed E-state index contributed by atoms with van der Waals surface area (Å²) in [5.74, 6) is 1.63. The van der Waals surface area contributed by atoms with Crippen molar-refractivity contribution in [1.82, 2.24) is 10.2 Å². The number of nitrogens with two attached hydrogens (primary N) is 1. The first kappa shape index (κ1) is 10.8. The van der Waals surface area contributed by atoms with Crippen LogP contribution >= 0.6 is 11.8 Å². The third-order valence-electron chi connectivity index (χ3n) is 2.50. The Labute approximate surface area is 93.4 Å². The molecule has 2 N–H and O–H groups in total. The Balaban J connectivity index is 2.03. The molecule has 1 aromatic heterocycles. The van der Waals surface area contributed by atoms with E-state index in [1.165, 1.54) is 6.42 Å². The zero-order valence-corrected chi connectivity index (χ0v) is 9.66. The molecule has 1 aromatic rings. The van der Waals surface area contributed by atoms with Crippen LogP contribution in [0.1, 0.15) is 19.2 Å². The Hall–Kier alpha value is -0.750. The first-order valence-corrected chi connectivity index (χ1v) is 6.27. The molecule has 1 unspecified atom stereocenters. The average molecular weight is 228 g/mol. The van der Waals surface area contributed by atoms with E-state index in [1.807, 2.05) is 11.8 Å². The van der Waals surface area contributed by atoms with Gasteiger partial charge < -0.3 is 15.1 Å². The van der Waals surface area contributed by atoms with Gasteiger partial charge >= 0.3 is 6.01 Å². The van der Waals surface area contributed by atoms with Gasteiger partial charge in [0.05, 0.1) is 6.54 Å². The Morgan fingerprint density at radius 1 is 1.60 bits per heavy atom. The van der Waals surface area contributed by atoms with E-state index in [0.29, 0.717) is 23.7 Å². The fourth-order valence-electron chi connectivity index (χ4n) is 1.60. The van der Waals surface area contributed by atoms with Crippen LogP contribution in [-0.4, -0.2) is 34.3 Å². The van der Waals surface area contributed by atoms with Crippen molar-refractivity contribution in [3.63, 3.8) is 0 Å². The summed E-state index contributed by atoms with van der Waals surface area (Å²) in [7, 11) is 0. The summed E-state index contributed by atoms with van der Waals surface area (Å²) in [4.78, 5) is 2.15. The smallest absolute Gasteiger partial charge is 0.318 e. The molecule has 0 aromatic carbocycles. The summed E-state index contributed by atoms with van der Waals surface area (Å²) in [5.41, 5.74) is 5.43. The van der Waals surface area contributed by atoms with Gasteiger partial charge in [-0.1, -0.05) is 12.0 Å². The van der Waals surface area contributed by atoms with Crippen molar-refractivity contribution in [1.29, 1.82) is 0 Å². The molecular formula is C9H16N4OS. The maximum absolute atomic E-state index is 5.43. The van der Waals surface area contributed by atoms with Gasteiger partial charge in [-0.15, -0.1) is 5.10 Å². The third kappa shape index (κ3) is 2.43. The van der Waals surface area contributed by atoms with Crippen LogP contribution in [0.15, 0.2) is 4.42 Å². The van der Waals surface area contributed by atoms with Crippen molar-refractivity contribution in [2.24, 2.45) is 5.73 Å². The second-order valence-corrected chi connectivity index (χ2v) is 4.94. The zero-order valence-electron chi connectivity index (χ0n) is 8.85. The van der Waals surface area contributed by atoms with Crippen molar-refractivity contribution in [2.75, 3.05) is 23.7 Å². The lowest BCUT2D eigenvalue weighted by Gasteiger charge is -2.30. The normalized spacial score (nSPS) is 22.0. The third-order valence-corrected chi connectivity index (χ3v) is 3.87. The molecule has 6 heteroatoms. The highest BCUT2D eigenvalue weighted by atomic mass is 32.2. The second-order valence-electron chi connectivity index (χ2n) is 3.53. The minimum atomic E-state index is 0.312. The molecule has 0 spiro atoms. The molecule has 0 radical (unpaired) electrons. The highest BCUT2D eigenvalue weighted by molar-refractivity contribution is 8.00. The second kappa shape index (κ2) is 4.85. The molecule has 0 aliphatic carbocycles. The Kier molecular flexibility index (Phi) is 3.48. The summed E-state index contributed by atoms with van der Waals surface area (Å²) in [5, 5.41) is 8.54. The number of hydrogen-bond donors (Lipinski definition) is 1. The SMILES string of the molecule is CCC1CN(c2nnc(CN)o2)CCS1. The molecule has 0 bridgehead atoms. The van der Waals surface area contributed by atoms with Crippen molar-refractivity contribution in [2.45, 2.75) is 25.1 Å². The quantitative estimate of drug-likeness (QED) is 0.827. The monoisotopic (exact) mass is 228 g/mol. The van der Waals surface area contributed by atoms with Gasteiger partial charge in [0.15, 0.2) is 0 Å². The Morgan fingerprint density at radius 3 is 3.13 bits per heavy atom. The van der Waals surface area contributed by atoms with Gasteiger partial charge in [0.2, 0.25) is 5.89 Å². The van der Waals surface area contributed by atoms with E-state index in [-0.39, 0.29) is 0 Å². The summed E-state index contributed by atoms with van der Waals surface area (Å²) >= 11 is 2.02. The van der Waals surface area contributed by atoms with Crippen molar-refractivity contribution < 1.29 is 4.42 Å². The molecule has 15 heavy (non-hydrogen) atoms. The standard InChI is InChI=1S/C9H16N4OS/c1-2-7-6-13(3-4-15-7)9-12-11-8(5-10)14-9/h7H,2-6,10H2,1H3. The predicted molar refractivity (Wildman–Crippen MR) is 60.9 cm³/mol. The first-order valence-electron chi connectivity index (χ1n) is 5.22. The van der Waals surface area contributed by atoms with Gasteiger partial charge in [0, 0.05) is 24.1 Å². The van der Waals surface area contributed by atoms with E-state index in [0.717, 1.165) is 18.8 Å². The first-order chi connectivity index (χ1) is 7.33. The minimum Gasteiger partial charge on any atom is -0.407 e. The maximum Gasteiger partial charge on any atom is 0.318 e. The number of rotatable bonds is 3. The number of nitrogens with zero attached hydrogens (tertiary/aromatic N) is 3. The Morgan fingerprint density at radius 2 is 2.47 bits per heavy atom. The molecule has 0 saturated carbocycles. The molecule has 1 saturated heterocycles. The number of aromatic nitrogens is 2. The Bertz CT molecular complexity index is 317. The fraction of sp³-hybridized carbons (Fsp3) is 0.778. The lowest BCUT2D eigenvalue weighted by Crippen LogP contribution is -2.37. The largest absolute Gasteiger partial charge is 0.407 e. The fourth-order valence-corrected chi connectivity index (χ4v) is 2.78. The van der Waals surface area contributed by atoms with Crippen molar-refractivity contribution in [3.8, 4) is 0 Å². The molecule has 2 heterocycles. The van der Waals surface area contributed by atoms with Crippen LogP contribution in [0.25, 0.3) is 0 Å². The van der Waals surface area contributed by atoms with Gasteiger partial charge in [-0.25, -0.2) is 0 Å². The van der Waals surface area contributed by atoms with Gasteiger partial charge in [-0.05, 0) is 6.42 Å². The highest BCUT2D eigenvalue weighted by Crippen LogP contribution is 2.24. The molecule has 2 rings (SSSR count). The van der Waals surface area contributed by atoms with E-state index in [9.17, 15) is 0 Å². The maximum atomic E-state index is 5.43. The molecular weight excluding hydrogens is 212 g/mol. The highest BCUT2D eigenvalue weighted by Gasteiger charge is 2.22. The van der Waals surface area contributed by atoms with Crippen LogP contribution in [0.2, 0.25) is 0 Å². The molecule has 0 amide bonds. The van der Waals surface area contributed by atoms with Gasteiger partial charge in [-0.2, -0.15) is 11.8 Å². The van der Waals surface area contributed by atoms with Gasteiger partial charge in [0.1, 0.15) is 0 Å². The molecule has 1 aliphatic rings. The van der Waals surface area contributed by atoms with E-state index in [2.05, 4.69) is 22.0 Å². The van der Waals surface area contributed by atoms with Gasteiger partial charge in [0.25, 0.3) is 0 Å². The predicted octanol–water partition coefficient (Wildman–Crippen LogP) is 0.860. The van der Waals surface area contributed by atoms with Gasteiger partial charge in [-0.3, -0.25) is 0 Å². The number of hydrogen-bond acceptors (Lipinski definition) is 6. The summed E-state index contributed by atoms with van der Waals surface area (Å²) in [6.07, 6.45) is 1.18. The summed E-state index contributed by atoms with van der Waals surface area (Å²) in [6, 6.07) is 0.620. The molecule has 1 fully saturated rings. The van der Waals surface area contributed by atoms with Crippen LogP contribution in [0.5, 0.6) is 0 Å². The van der Waals surface area contributed by atoms with E-state index < -0.39 is 0 Å². The molecule has 5 nitrogen and oxygen atoms in total. The average Bonchev–Trinajstić information content (AvgIpc) is 2.78. The van der Waals surface area contributed by atoms with E-state index >= 15 is 0 Å². The lowest BCUT2D eigenvalue weighted by molar-refractivity contribution is 0.483. The topological polar surface area (TPSA) is 68.2 Å². The van der Waals surface area contributed by atoms with Crippen LogP contribution < -0.4 is 10.6 Å². The van der Waals surface area contributed by atoms with Crippen LogP contribution in [0, 0.1) is 0 Å². The van der Waals surface area contributed by atoms with Crippen molar-refractivity contribution in [3.05, 3.63) is 5.89 Å². The van der Waals surface area contributed by atoms with E-state index in [4.69, 9.17) is 10.2 Å². The lowest BCUT2D eigenvalue weighted by atomic mass is 10.3. The zero-order chi connectivity index (χ0) is 10.7. The molecule has 84 valence electrons. The molecule has 1 atom stereocenters. The van der Waals surface area contributed by atoms with Crippen molar-refractivity contribution >= 4 is 17.8 Å². The van der Waals surface area contributed by atoms with Crippen LogP contribution in [0.4, 0.5) is 6.01 Å². The number of anilines is 1. The molecule has 1 aliphatic heterocycles.